The van der Waals surface area contributed by atoms with Crippen LogP contribution in [0.15, 0.2) is 65.7 Å². The Balaban J connectivity index is 1.30. The number of H-pyrrole nitrogens is 1. The summed E-state index contributed by atoms with van der Waals surface area (Å²) >= 11 is 6.29. The van der Waals surface area contributed by atoms with E-state index in [0.29, 0.717) is 40.9 Å². The molecule has 12 nitrogen and oxygen atoms in total. The van der Waals surface area contributed by atoms with Gasteiger partial charge in [0.05, 0.1) is 18.8 Å². The second kappa shape index (κ2) is 9.56. The summed E-state index contributed by atoms with van der Waals surface area (Å²) in [6, 6.07) is 15.7. The van der Waals surface area contributed by atoms with Crippen molar-refractivity contribution in [2.24, 2.45) is 0 Å². The summed E-state index contributed by atoms with van der Waals surface area (Å²) in [5.41, 5.74) is 4.28. The number of nitrogens with zero attached hydrogens (tertiary/aromatic N) is 7. The maximum Gasteiger partial charge on any atom is 0.411 e. The predicted octanol–water partition coefficient (Wildman–Crippen LogP) is 3.64. The molecule has 13 heteroatoms. The van der Waals surface area contributed by atoms with Gasteiger partial charge in [-0.1, -0.05) is 11.6 Å². The molecule has 3 aromatic heterocycles. The van der Waals surface area contributed by atoms with Crippen LogP contribution in [0.25, 0.3) is 28.2 Å². The van der Waals surface area contributed by atoms with Gasteiger partial charge < -0.3 is 9.30 Å². The van der Waals surface area contributed by atoms with Crippen LogP contribution in [-0.2, 0) is 11.2 Å². The average Bonchev–Trinajstić information content (AvgIpc) is 3.70. The number of hydrogen-bond donors (Lipinski definition) is 2. The number of carbonyl (C=O) groups is 1. The van der Waals surface area contributed by atoms with Crippen molar-refractivity contribution in [1.82, 2.24) is 40.0 Å². The Morgan fingerprint density at radius 2 is 1.97 bits per heavy atom. The first-order valence-electron chi connectivity index (χ1n) is 11.7. The Bertz CT molecular complexity index is 1690. The number of fused-ring (bicyclic) bond motifs is 1. The molecule has 6 rings (SSSR count). The minimum Gasteiger partial charge on any atom is -0.453 e. The molecule has 0 aliphatic carbocycles. The van der Waals surface area contributed by atoms with Crippen molar-refractivity contribution in [3.63, 3.8) is 0 Å². The Morgan fingerprint density at radius 3 is 2.74 bits per heavy atom. The van der Waals surface area contributed by atoms with Crippen molar-refractivity contribution in [3.8, 4) is 28.2 Å². The van der Waals surface area contributed by atoms with Crippen molar-refractivity contribution < 1.29 is 9.53 Å². The molecular weight excluding hydrogens is 510 g/mol. The summed E-state index contributed by atoms with van der Waals surface area (Å²) in [5, 5.41) is 21.9. The molecule has 0 bridgehead atoms. The zero-order valence-electron chi connectivity index (χ0n) is 20.0. The number of benzene rings is 2. The number of ether oxygens (including phenoxy) is 1. The van der Waals surface area contributed by atoms with Crippen molar-refractivity contribution in [3.05, 3.63) is 87.8 Å². The number of pyridine rings is 1. The number of anilines is 1. The molecule has 38 heavy (non-hydrogen) atoms. The summed E-state index contributed by atoms with van der Waals surface area (Å²) in [6.07, 6.45) is 2.34. The summed E-state index contributed by atoms with van der Waals surface area (Å²) in [6.45, 7) is 0. The molecule has 1 aliphatic heterocycles. The number of hydrogen-bond acceptors (Lipinski definition) is 8. The Kier molecular flexibility index (Phi) is 5.92. The maximum atomic E-state index is 13.4. The lowest BCUT2D eigenvalue weighted by Gasteiger charge is -2.14. The smallest absolute Gasteiger partial charge is 0.411 e. The highest BCUT2D eigenvalue weighted by atomic mass is 35.5. The van der Waals surface area contributed by atoms with Gasteiger partial charge in [-0.25, -0.2) is 9.78 Å². The molecule has 0 radical (unpaired) electrons. The van der Waals surface area contributed by atoms with Crippen LogP contribution in [0.1, 0.15) is 24.0 Å². The molecule has 0 saturated carbocycles. The molecule has 1 aliphatic rings. The summed E-state index contributed by atoms with van der Waals surface area (Å²) < 4.78 is 7.89. The summed E-state index contributed by atoms with van der Waals surface area (Å²) in [5.74, 6) is 1.09. The van der Waals surface area contributed by atoms with E-state index in [-0.39, 0.29) is 11.6 Å². The molecule has 0 fully saturated rings. The minimum absolute atomic E-state index is 0.154. The fourth-order valence-corrected chi connectivity index (χ4v) is 4.82. The molecule has 4 heterocycles. The number of tetrazole rings is 1. The Labute approximate surface area is 220 Å². The van der Waals surface area contributed by atoms with E-state index >= 15 is 0 Å². The zero-order chi connectivity index (χ0) is 26.2. The van der Waals surface area contributed by atoms with Crippen LogP contribution in [0.2, 0.25) is 5.02 Å². The summed E-state index contributed by atoms with van der Waals surface area (Å²) in [7, 11) is 1.30. The van der Waals surface area contributed by atoms with E-state index in [1.165, 1.54) is 18.1 Å². The van der Waals surface area contributed by atoms with Crippen LogP contribution in [0.3, 0.4) is 0 Å². The zero-order valence-corrected chi connectivity index (χ0v) is 20.8. The second-order valence-corrected chi connectivity index (χ2v) is 9.09. The largest absolute Gasteiger partial charge is 0.453 e. The number of amides is 1. The van der Waals surface area contributed by atoms with Gasteiger partial charge in [0.15, 0.2) is 5.82 Å². The number of rotatable bonds is 5. The Morgan fingerprint density at radius 1 is 1.13 bits per heavy atom. The van der Waals surface area contributed by atoms with Crippen molar-refractivity contribution >= 4 is 23.4 Å². The van der Waals surface area contributed by atoms with E-state index in [2.05, 4.69) is 40.8 Å². The van der Waals surface area contributed by atoms with Crippen molar-refractivity contribution in [2.75, 3.05) is 12.4 Å². The van der Waals surface area contributed by atoms with Crippen LogP contribution >= 0.6 is 11.6 Å². The average molecular weight is 530 g/mol. The molecule has 2 aromatic carbocycles. The lowest BCUT2D eigenvalue weighted by Crippen LogP contribution is -2.24. The highest BCUT2D eigenvalue weighted by Crippen LogP contribution is 2.34. The first kappa shape index (κ1) is 23.6. The number of halogens is 1. The normalized spacial score (nSPS) is 14.3. The number of methoxy groups -OCH3 is 1. The third kappa shape index (κ3) is 4.30. The highest BCUT2D eigenvalue weighted by molar-refractivity contribution is 6.31. The van der Waals surface area contributed by atoms with E-state index in [9.17, 15) is 9.59 Å². The van der Waals surface area contributed by atoms with Gasteiger partial charge in [-0.05, 0) is 77.4 Å². The third-order valence-corrected chi connectivity index (χ3v) is 6.63. The first-order chi connectivity index (χ1) is 18.5. The van der Waals surface area contributed by atoms with Gasteiger partial charge in [-0.15, -0.1) is 5.10 Å². The van der Waals surface area contributed by atoms with E-state index in [1.54, 1.807) is 47.0 Å². The molecule has 1 amide bonds. The first-order valence-corrected chi connectivity index (χ1v) is 12.0. The van der Waals surface area contributed by atoms with Gasteiger partial charge >= 0.3 is 6.09 Å². The fourth-order valence-electron chi connectivity index (χ4n) is 4.64. The van der Waals surface area contributed by atoms with Gasteiger partial charge in [-0.3, -0.25) is 15.2 Å². The fraction of sp³-hybridized carbons (Fsp3) is 0.160. The van der Waals surface area contributed by atoms with E-state index in [0.717, 1.165) is 22.4 Å². The van der Waals surface area contributed by atoms with Gasteiger partial charge in [-0.2, -0.15) is 9.78 Å². The number of aryl methyl sites for hydroxylation is 1. The van der Waals surface area contributed by atoms with E-state index < -0.39 is 6.09 Å². The lowest BCUT2D eigenvalue weighted by atomic mass is 10.0. The molecular formula is C25H20ClN9O3. The SMILES string of the molecule is COC(=O)Nc1ccc(-c2n[nH]c([C@@H]3CCc4cc(-c5cc(Cl)ccc5-n5cnnn5)cc(=O)n43)n2)cc1. The van der Waals surface area contributed by atoms with Crippen molar-refractivity contribution in [2.45, 2.75) is 18.9 Å². The number of aromatic amines is 1. The van der Waals surface area contributed by atoms with Gasteiger partial charge in [0.2, 0.25) is 0 Å². The van der Waals surface area contributed by atoms with E-state index in [4.69, 9.17) is 11.6 Å². The molecule has 2 N–H and O–H groups in total. The molecule has 0 unspecified atom stereocenters. The standard InChI is InChI=1S/C25H20ClN9O3/c1-38-25(37)28-17-5-2-14(3-6-17)23-29-24(31-30-23)21-9-7-18-10-15(11-22(36)35(18)21)19-12-16(26)4-8-20(19)34-13-27-32-33-34/h2-6,8,10-13,21H,7,9H2,1H3,(H,28,37)(H,29,30,31)/t21-/m0/s1. The van der Waals surface area contributed by atoms with E-state index in [1.807, 2.05) is 12.1 Å². The highest BCUT2D eigenvalue weighted by Gasteiger charge is 2.28. The number of aromatic nitrogens is 8. The summed E-state index contributed by atoms with van der Waals surface area (Å²) in [4.78, 5) is 29.4. The quantitative estimate of drug-likeness (QED) is 0.351. The van der Waals surface area contributed by atoms with Gasteiger partial charge in [0.1, 0.15) is 12.2 Å². The predicted molar refractivity (Wildman–Crippen MR) is 138 cm³/mol. The van der Waals surface area contributed by atoms with Crippen LogP contribution in [-0.4, -0.2) is 53.2 Å². The van der Waals surface area contributed by atoms with Gasteiger partial charge in [0, 0.05) is 33.6 Å². The maximum absolute atomic E-state index is 13.4. The Hall–Kier alpha value is -4.84. The molecule has 0 saturated heterocycles. The van der Waals surface area contributed by atoms with Crippen LogP contribution in [0, 0.1) is 0 Å². The monoisotopic (exact) mass is 529 g/mol. The molecule has 0 spiro atoms. The van der Waals surface area contributed by atoms with Crippen molar-refractivity contribution in [1.29, 1.82) is 0 Å². The lowest BCUT2D eigenvalue weighted by molar-refractivity contribution is 0.187. The molecule has 5 aromatic rings. The van der Waals surface area contributed by atoms with Crippen LogP contribution in [0.4, 0.5) is 10.5 Å². The number of carbonyl (C=O) groups excluding carboxylic acids is 1. The van der Waals surface area contributed by atoms with Gasteiger partial charge in [0.25, 0.3) is 5.56 Å². The molecule has 190 valence electrons. The second-order valence-electron chi connectivity index (χ2n) is 8.65. The van der Waals surface area contributed by atoms with Crippen LogP contribution < -0.4 is 10.9 Å². The van der Waals surface area contributed by atoms with Crippen LogP contribution in [0.5, 0.6) is 0 Å². The third-order valence-electron chi connectivity index (χ3n) is 6.39. The molecule has 1 atom stereocenters. The minimum atomic E-state index is -0.548. The number of nitrogens with one attached hydrogen (secondary N) is 2. The topological polar surface area (TPSA) is 146 Å².